The van der Waals surface area contributed by atoms with E-state index in [9.17, 15) is 0 Å². The van der Waals surface area contributed by atoms with E-state index in [-0.39, 0.29) is 0 Å². The van der Waals surface area contributed by atoms with Gasteiger partial charge < -0.3 is 14.5 Å². The lowest BCUT2D eigenvalue weighted by atomic mass is 10.1. The number of benzene rings is 2. The molecule has 2 N–H and O–H groups in total. The summed E-state index contributed by atoms with van der Waals surface area (Å²) in [4.78, 5) is 11.7. The van der Waals surface area contributed by atoms with Gasteiger partial charge in [-0.2, -0.15) is 0 Å². The Morgan fingerprint density at radius 3 is 2.83 bits per heavy atom. The minimum Gasteiger partial charge on any atom is -0.361 e. The van der Waals surface area contributed by atoms with Crippen LogP contribution >= 0.6 is 23.4 Å². The zero-order valence-electron chi connectivity index (χ0n) is 16.0. The average molecular weight is 435 g/mol. The smallest absolute Gasteiger partial charge is 0.196 e. The second-order valence-electron chi connectivity index (χ2n) is 6.96. The fraction of sp³-hybridized carbons (Fsp3) is 0.136. The first-order valence-corrected chi connectivity index (χ1v) is 10.8. The summed E-state index contributed by atoms with van der Waals surface area (Å²) in [6.07, 6.45) is 7.18. The second-order valence-corrected chi connectivity index (χ2v) is 8.43. The van der Waals surface area contributed by atoms with E-state index < -0.39 is 0 Å². The van der Waals surface area contributed by atoms with E-state index in [0.29, 0.717) is 11.4 Å². The van der Waals surface area contributed by atoms with Gasteiger partial charge in [0.1, 0.15) is 5.82 Å². The highest BCUT2D eigenvalue weighted by Crippen LogP contribution is 2.30. The summed E-state index contributed by atoms with van der Waals surface area (Å²) in [7, 11) is 0. The second kappa shape index (κ2) is 8.38. The normalized spacial score (nSPS) is 11.4. The van der Waals surface area contributed by atoms with Gasteiger partial charge in [0.25, 0.3) is 0 Å². The van der Waals surface area contributed by atoms with Crippen LogP contribution in [0.5, 0.6) is 0 Å². The lowest BCUT2D eigenvalue weighted by molar-refractivity contribution is 0.604. The van der Waals surface area contributed by atoms with Gasteiger partial charge in [0.05, 0.1) is 12.0 Å². The van der Waals surface area contributed by atoms with Crippen LogP contribution in [-0.4, -0.2) is 29.7 Å². The van der Waals surface area contributed by atoms with Gasteiger partial charge in [-0.25, -0.2) is 4.98 Å². The van der Waals surface area contributed by atoms with E-state index in [1.54, 1.807) is 18.1 Å². The molecule has 5 rings (SSSR count). The molecule has 0 fully saturated rings. The third-order valence-corrected chi connectivity index (χ3v) is 6.18. The van der Waals surface area contributed by atoms with Crippen molar-refractivity contribution in [3.05, 3.63) is 89.4 Å². The molecule has 30 heavy (non-hydrogen) atoms. The van der Waals surface area contributed by atoms with Crippen LogP contribution in [-0.2, 0) is 19.4 Å². The quantitative estimate of drug-likeness (QED) is 0.372. The molecule has 0 bridgehead atoms. The van der Waals surface area contributed by atoms with Gasteiger partial charge in [0, 0.05) is 52.6 Å². The maximum absolute atomic E-state index is 6.16. The maximum atomic E-state index is 6.16. The number of imidazole rings is 1. The Balaban J connectivity index is 1.47. The van der Waals surface area contributed by atoms with E-state index in [1.807, 2.05) is 36.5 Å². The molecular formula is C22H19ClN6S. The van der Waals surface area contributed by atoms with Crippen LogP contribution in [0.3, 0.4) is 0 Å². The zero-order valence-corrected chi connectivity index (χ0v) is 17.6. The number of aromatic nitrogens is 6. The Labute approximate surface area is 182 Å². The summed E-state index contributed by atoms with van der Waals surface area (Å²) in [6.45, 7) is 0.748. The van der Waals surface area contributed by atoms with Crippen LogP contribution in [0.2, 0.25) is 5.02 Å². The third kappa shape index (κ3) is 3.99. The molecule has 0 atom stereocenters. The van der Waals surface area contributed by atoms with E-state index in [4.69, 9.17) is 11.6 Å². The van der Waals surface area contributed by atoms with Gasteiger partial charge in [0.2, 0.25) is 0 Å². The van der Waals surface area contributed by atoms with Crippen LogP contribution in [0.15, 0.2) is 77.3 Å². The van der Waals surface area contributed by atoms with Crippen LogP contribution < -0.4 is 0 Å². The SMILES string of the molecule is Clc1cccc(Sc2nnc(Cc3c[nH]c4ccccc34)n2CCc2c[nH]cn2)c1. The number of H-pyrrole nitrogens is 2. The Morgan fingerprint density at radius 2 is 1.97 bits per heavy atom. The highest BCUT2D eigenvalue weighted by atomic mass is 35.5. The molecule has 3 heterocycles. The van der Waals surface area contributed by atoms with E-state index in [1.165, 1.54) is 10.9 Å². The first-order chi connectivity index (χ1) is 14.8. The van der Waals surface area contributed by atoms with Crippen molar-refractivity contribution in [3.8, 4) is 0 Å². The molecule has 0 radical (unpaired) electrons. The number of aryl methyl sites for hydroxylation is 1. The van der Waals surface area contributed by atoms with E-state index in [2.05, 4.69) is 54.1 Å². The zero-order chi connectivity index (χ0) is 20.3. The number of nitrogens with one attached hydrogen (secondary N) is 2. The standard InChI is InChI=1S/C22H19ClN6S/c23-16-4-3-5-18(11-16)30-22-28-27-21(29(22)9-8-17-13-24-14-26-17)10-15-12-25-20-7-2-1-6-19(15)20/h1-7,11-14,25H,8-10H2,(H,24,26). The summed E-state index contributed by atoms with van der Waals surface area (Å²) < 4.78 is 2.18. The number of aromatic amines is 2. The molecule has 5 aromatic rings. The minimum atomic E-state index is 0.702. The fourth-order valence-corrected chi connectivity index (χ4v) is 4.67. The lowest BCUT2D eigenvalue weighted by Gasteiger charge is -2.09. The summed E-state index contributed by atoms with van der Waals surface area (Å²) in [5, 5.41) is 11.8. The van der Waals surface area contributed by atoms with Crippen molar-refractivity contribution < 1.29 is 0 Å². The molecule has 150 valence electrons. The number of nitrogens with zero attached hydrogens (tertiary/aromatic N) is 4. The summed E-state index contributed by atoms with van der Waals surface area (Å²) in [6, 6.07) is 16.1. The summed E-state index contributed by atoms with van der Waals surface area (Å²) in [5.74, 6) is 0.930. The van der Waals surface area contributed by atoms with Crippen molar-refractivity contribution in [1.29, 1.82) is 0 Å². The molecule has 0 aliphatic rings. The molecule has 0 spiro atoms. The number of fused-ring (bicyclic) bond motifs is 1. The van der Waals surface area contributed by atoms with Gasteiger partial charge in [-0.3, -0.25) is 0 Å². The maximum Gasteiger partial charge on any atom is 0.196 e. The Morgan fingerprint density at radius 1 is 1.03 bits per heavy atom. The number of rotatable bonds is 7. The predicted molar refractivity (Wildman–Crippen MR) is 119 cm³/mol. The first-order valence-electron chi connectivity index (χ1n) is 9.64. The largest absolute Gasteiger partial charge is 0.361 e. The highest BCUT2D eigenvalue weighted by molar-refractivity contribution is 7.99. The van der Waals surface area contributed by atoms with Crippen LogP contribution in [0.25, 0.3) is 10.9 Å². The molecule has 3 aromatic heterocycles. The fourth-order valence-electron chi connectivity index (χ4n) is 3.49. The molecule has 8 heteroatoms. The Bertz CT molecular complexity index is 1270. The topological polar surface area (TPSA) is 75.2 Å². The van der Waals surface area contributed by atoms with Gasteiger partial charge >= 0.3 is 0 Å². The van der Waals surface area contributed by atoms with Crippen LogP contribution in [0, 0.1) is 0 Å². The number of hydrogen-bond donors (Lipinski definition) is 2. The molecule has 0 saturated heterocycles. The van der Waals surface area contributed by atoms with Crippen molar-refractivity contribution in [2.45, 2.75) is 29.4 Å². The van der Waals surface area contributed by atoms with Crippen LogP contribution in [0.4, 0.5) is 0 Å². The molecule has 2 aromatic carbocycles. The molecule has 0 amide bonds. The molecule has 0 saturated carbocycles. The van der Waals surface area contributed by atoms with Gasteiger partial charge in [-0.15, -0.1) is 10.2 Å². The first kappa shape index (κ1) is 19.0. The van der Waals surface area contributed by atoms with Crippen molar-refractivity contribution >= 4 is 34.3 Å². The monoisotopic (exact) mass is 434 g/mol. The molecule has 0 aliphatic heterocycles. The number of halogens is 1. The van der Waals surface area contributed by atoms with Crippen molar-refractivity contribution in [2.24, 2.45) is 0 Å². The lowest BCUT2D eigenvalue weighted by Crippen LogP contribution is -2.08. The molecule has 0 unspecified atom stereocenters. The predicted octanol–water partition coefficient (Wildman–Crippen LogP) is 5.12. The third-order valence-electron chi connectivity index (χ3n) is 4.97. The average Bonchev–Trinajstić information content (AvgIpc) is 3.49. The Hall–Kier alpha value is -3.03. The van der Waals surface area contributed by atoms with Gasteiger partial charge in [-0.1, -0.05) is 35.9 Å². The van der Waals surface area contributed by atoms with Crippen molar-refractivity contribution in [3.63, 3.8) is 0 Å². The number of para-hydroxylation sites is 1. The van der Waals surface area contributed by atoms with E-state index in [0.717, 1.165) is 40.1 Å². The summed E-state index contributed by atoms with van der Waals surface area (Å²) >= 11 is 7.74. The van der Waals surface area contributed by atoms with E-state index >= 15 is 0 Å². The number of hydrogen-bond acceptors (Lipinski definition) is 4. The minimum absolute atomic E-state index is 0.702. The molecular weight excluding hydrogens is 416 g/mol. The van der Waals surface area contributed by atoms with Crippen molar-refractivity contribution in [2.75, 3.05) is 0 Å². The van der Waals surface area contributed by atoms with Crippen LogP contribution in [0.1, 0.15) is 17.1 Å². The van der Waals surface area contributed by atoms with Gasteiger partial charge in [-0.05, 0) is 41.6 Å². The molecule has 0 aliphatic carbocycles. The summed E-state index contributed by atoms with van der Waals surface area (Å²) in [5.41, 5.74) is 3.35. The van der Waals surface area contributed by atoms with Gasteiger partial charge in [0.15, 0.2) is 5.16 Å². The molecule has 6 nitrogen and oxygen atoms in total. The Kier molecular flexibility index (Phi) is 5.29. The van der Waals surface area contributed by atoms with Crippen molar-refractivity contribution in [1.82, 2.24) is 29.7 Å². The highest BCUT2D eigenvalue weighted by Gasteiger charge is 2.16.